The maximum absolute atomic E-state index is 10.1. The topological polar surface area (TPSA) is 41.5 Å². The third-order valence-electron chi connectivity index (χ3n) is 3.89. The third-order valence-corrected chi connectivity index (χ3v) is 4.39. The van der Waals surface area contributed by atoms with E-state index in [2.05, 4.69) is 41.2 Å². The van der Waals surface area contributed by atoms with Gasteiger partial charge in [0.05, 0.1) is 6.10 Å². The number of benzene rings is 1. The molecule has 0 heterocycles. The number of aliphatic hydroxyl groups excluding tert-OH is 1. The molecule has 0 radical (unpaired) electrons. The predicted molar refractivity (Wildman–Crippen MR) is 85.1 cm³/mol. The molecule has 1 saturated carbocycles. The van der Waals surface area contributed by atoms with Gasteiger partial charge in [0.25, 0.3) is 0 Å². The summed E-state index contributed by atoms with van der Waals surface area (Å²) in [4.78, 5) is 0. The molecule has 1 aliphatic rings. The summed E-state index contributed by atoms with van der Waals surface area (Å²) in [7, 11) is 0. The molecule has 0 bridgehead atoms. The first-order chi connectivity index (χ1) is 9.61. The number of aliphatic hydroxyl groups is 1. The molecule has 1 aliphatic carbocycles. The second kappa shape index (κ2) is 7.43. The molecule has 0 aliphatic heterocycles. The lowest BCUT2D eigenvalue weighted by atomic mass is 9.94. The van der Waals surface area contributed by atoms with Gasteiger partial charge in [-0.05, 0) is 50.9 Å². The average Bonchev–Trinajstić information content (AvgIpc) is 2.43. The lowest BCUT2D eigenvalue weighted by Crippen LogP contribution is -2.35. The first-order valence-electron chi connectivity index (χ1n) is 7.49. The van der Waals surface area contributed by atoms with Crippen molar-refractivity contribution in [2.45, 2.75) is 57.8 Å². The molecule has 2 N–H and O–H groups in total. The van der Waals surface area contributed by atoms with E-state index in [0.29, 0.717) is 0 Å². The minimum absolute atomic E-state index is 0.0718. The molecule has 4 heteroatoms. The van der Waals surface area contributed by atoms with Crippen LogP contribution < -0.4 is 10.1 Å². The SMILES string of the molecule is CCNC(C)c1cc(Br)ccc1OC1CCCCC1O. The van der Waals surface area contributed by atoms with Crippen molar-refractivity contribution in [3.63, 3.8) is 0 Å². The van der Waals surface area contributed by atoms with Crippen molar-refractivity contribution >= 4 is 15.9 Å². The minimum Gasteiger partial charge on any atom is -0.487 e. The Morgan fingerprint density at radius 2 is 2.15 bits per heavy atom. The largest absolute Gasteiger partial charge is 0.487 e. The fourth-order valence-electron chi connectivity index (χ4n) is 2.76. The summed E-state index contributed by atoms with van der Waals surface area (Å²) in [5.74, 6) is 0.882. The number of ether oxygens (including phenoxy) is 1. The molecular weight excluding hydrogens is 318 g/mol. The molecule has 0 saturated heterocycles. The van der Waals surface area contributed by atoms with Crippen LogP contribution in [0, 0.1) is 0 Å². The Hall–Kier alpha value is -0.580. The van der Waals surface area contributed by atoms with Gasteiger partial charge in [-0.15, -0.1) is 0 Å². The first-order valence-corrected chi connectivity index (χ1v) is 8.28. The third kappa shape index (κ3) is 3.96. The predicted octanol–water partition coefficient (Wildman–Crippen LogP) is 3.80. The van der Waals surface area contributed by atoms with E-state index >= 15 is 0 Å². The van der Waals surface area contributed by atoms with Crippen LogP contribution in [0.5, 0.6) is 5.75 Å². The summed E-state index contributed by atoms with van der Waals surface area (Å²) in [6, 6.07) is 6.31. The Morgan fingerprint density at radius 3 is 2.85 bits per heavy atom. The monoisotopic (exact) mass is 341 g/mol. The maximum atomic E-state index is 10.1. The van der Waals surface area contributed by atoms with Crippen molar-refractivity contribution < 1.29 is 9.84 Å². The Labute approximate surface area is 129 Å². The molecular formula is C16H24BrNO2. The van der Waals surface area contributed by atoms with E-state index in [9.17, 15) is 5.11 Å². The fourth-order valence-corrected chi connectivity index (χ4v) is 3.14. The normalized spacial score (nSPS) is 24.4. The molecule has 1 aromatic carbocycles. The van der Waals surface area contributed by atoms with E-state index in [-0.39, 0.29) is 18.2 Å². The van der Waals surface area contributed by atoms with Gasteiger partial charge in [0.1, 0.15) is 11.9 Å². The van der Waals surface area contributed by atoms with Gasteiger partial charge in [-0.2, -0.15) is 0 Å². The highest BCUT2D eigenvalue weighted by Gasteiger charge is 2.26. The van der Waals surface area contributed by atoms with Crippen molar-refractivity contribution in [3.8, 4) is 5.75 Å². The second-order valence-electron chi connectivity index (χ2n) is 5.47. The van der Waals surface area contributed by atoms with Crippen LogP contribution in [0.4, 0.5) is 0 Å². The van der Waals surface area contributed by atoms with E-state index in [1.54, 1.807) is 0 Å². The smallest absolute Gasteiger partial charge is 0.124 e. The lowest BCUT2D eigenvalue weighted by Gasteiger charge is -2.30. The summed E-state index contributed by atoms with van der Waals surface area (Å²) in [6.07, 6.45) is 3.61. The summed E-state index contributed by atoms with van der Waals surface area (Å²) in [5, 5.41) is 13.5. The van der Waals surface area contributed by atoms with Gasteiger partial charge in [-0.25, -0.2) is 0 Å². The second-order valence-corrected chi connectivity index (χ2v) is 6.39. The zero-order chi connectivity index (χ0) is 14.5. The standard InChI is InChI=1S/C16H24BrNO2/c1-3-18-11(2)13-10-12(17)8-9-15(13)20-16-7-5-4-6-14(16)19/h8-11,14,16,18-19H,3-7H2,1-2H3. The van der Waals surface area contributed by atoms with E-state index in [1.807, 2.05) is 12.1 Å². The average molecular weight is 342 g/mol. The molecule has 0 spiro atoms. The lowest BCUT2D eigenvalue weighted by molar-refractivity contribution is 0.00618. The number of hydrogen-bond donors (Lipinski definition) is 2. The molecule has 3 unspecified atom stereocenters. The van der Waals surface area contributed by atoms with Gasteiger partial charge in [-0.3, -0.25) is 0 Å². The summed E-state index contributed by atoms with van der Waals surface area (Å²) in [6.45, 7) is 5.15. The van der Waals surface area contributed by atoms with Crippen LogP contribution in [0.15, 0.2) is 22.7 Å². The first kappa shape index (κ1) is 15.8. The van der Waals surface area contributed by atoms with Crippen molar-refractivity contribution in [3.05, 3.63) is 28.2 Å². The highest BCUT2D eigenvalue weighted by molar-refractivity contribution is 9.10. The van der Waals surface area contributed by atoms with Crippen LogP contribution >= 0.6 is 15.9 Å². The van der Waals surface area contributed by atoms with E-state index in [0.717, 1.165) is 48.0 Å². The number of hydrogen-bond acceptors (Lipinski definition) is 3. The van der Waals surface area contributed by atoms with Crippen molar-refractivity contribution in [1.82, 2.24) is 5.32 Å². The molecule has 20 heavy (non-hydrogen) atoms. The molecule has 3 atom stereocenters. The quantitative estimate of drug-likeness (QED) is 0.855. The molecule has 112 valence electrons. The summed E-state index contributed by atoms with van der Waals surface area (Å²) < 4.78 is 7.16. The molecule has 3 nitrogen and oxygen atoms in total. The molecule has 1 fully saturated rings. The van der Waals surface area contributed by atoms with Crippen LogP contribution in [0.1, 0.15) is 51.1 Å². The number of rotatable bonds is 5. The Morgan fingerprint density at radius 1 is 1.40 bits per heavy atom. The zero-order valence-corrected chi connectivity index (χ0v) is 13.8. The zero-order valence-electron chi connectivity index (χ0n) is 12.2. The Bertz CT molecular complexity index is 438. The van der Waals surface area contributed by atoms with Gasteiger partial charge in [0.2, 0.25) is 0 Å². The van der Waals surface area contributed by atoms with E-state index in [4.69, 9.17) is 4.74 Å². The van der Waals surface area contributed by atoms with Crippen molar-refractivity contribution in [1.29, 1.82) is 0 Å². The van der Waals surface area contributed by atoms with Crippen LogP contribution in [0.2, 0.25) is 0 Å². The van der Waals surface area contributed by atoms with Gasteiger partial charge in [0, 0.05) is 16.1 Å². The van der Waals surface area contributed by atoms with E-state index in [1.165, 1.54) is 0 Å². The maximum Gasteiger partial charge on any atom is 0.124 e. The summed E-state index contributed by atoms with van der Waals surface area (Å²) >= 11 is 3.52. The highest BCUT2D eigenvalue weighted by Crippen LogP contribution is 2.31. The van der Waals surface area contributed by atoms with Crippen molar-refractivity contribution in [2.75, 3.05) is 6.54 Å². The highest BCUT2D eigenvalue weighted by atomic mass is 79.9. The minimum atomic E-state index is -0.338. The number of halogens is 1. The molecule has 2 rings (SSSR count). The molecule has 1 aromatic rings. The van der Waals surface area contributed by atoms with Gasteiger partial charge in [0.15, 0.2) is 0 Å². The van der Waals surface area contributed by atoms with Crippen LogP contribution in [-0.4, -0.2) is 23.9 Å². The fraction of sp³-hybridized carbons (Fsp3) is 0.625. The van der Waals surface area contributed by atoms with Gasteiger partial charge in [-0.1, -0.05) is 29.3 Å². The van der Waals surface area contributed by atoms with E-state index < -0.39 is 0 Å². The van der Waals surface area contributed by atoms with Crippen LogP contribution in [0.3, 0.4) is 0 Å². The summed E-state index contributed by atoms with van der Waals surface area (Å²) in [5.41, 5.74) is 1.14. The van der Waals surface area contributed by atoms with Crippen LogP contribution in [0.25, 0.3) is 0 Å². The Balaban J connectivity index is 2.17. The van der Waals surface area contributed by atoms with Crippen LogP contribution in [-0.2, 0) is 0 Å². The van der Waals surface area contributed by atoms with Gasteiger partial charge < -0.3 is 15.2 Å². The molecule has 0 aromatic heterocycles. The molecule has 0 amide bonds. The van der Waals surface area contributed by atoms with Gasteiger partial charge >= 0.3 is 0 Å². The Kier molecular flexibility index (Phi) is 5.87. The number of nitrogens with one attached hydrogen (secondary N) is 1. The van der Waals surface area contributed by atoms with Crippen molar-refractivity contribution in [2.24, 2.45) is 0 Å².